The number of para-hydroxylation sites is 2. The molecule has 5 nitrogen and oxygen atoms in total. The number of aromatic nitrogens is 2. The normalized spacial score (nSPS) is 11.5. The molecule has 5 heteroatoms. The number of fused-ring (bicyclic) bond motifs is 10. The van der Waals surface area contributed by atoms with Crippen molar-refractivity contribution < 1.29 is 0 Å². The second kappa shape index (κ2) is 14.4. The first-order chi connectivity index (χ1) is 31.2. The minimum Gasteiger partial charge on any atom is -0.319 e. The van der Waals surface area contributed by atoms with Crippen LogP contribution in [0, 0.1) is 17.9 Å². The number of rotatable bonds is 6. The van der Waals surface area contributed by atoms with Crippen molar-refractivity contribution in [1.82, 2.24) is 9.13 Å². The van der Waals surface area contributed by atoms with Crippen LogP contribution in [0.25, 0.3) is 92.5 Å². The van der Waals surface area contributed by atoms with Gasteiger partial charge in [-0.15, -0.1) is 0 Å². The zero-order valence-corrected chi connectivity index (χ0v) is 33.9. The molecule has 0 atom stereocenters. The Bertz CT molecular complexity index is 3830. The number of nitriles is 1. The van der Waals surface area contributed by atoms with E-state index < -0.39 is 0 Å². The SMILES string of the molecule is [C-]#[N+]c1cc(-n2c3ccc(-c4ccccc4)cc3c3c4ccccc4ccc32)c(C#N)cc1-n1c2ccc(N(c3ccccc3)c3ccccc3)cc2c2c3ccccc3ccc21. The maximum atomic E-state index is 11.1. The Hall–Kier alpha value is -8.90. The fraction of sp³-hybridized carbons (Fsp3) is 0. The number of benzene rings is 10. The van der Waals surface area contributed by atoms with Crippen LogP contribution in [0.5, 0.6) is 0 Å². The fourth-order valence-corrected chi connectivity index (χ4v) is 9.75. The third kappa shape index (κ3) is 5.62. The third-order valence-corrected chi connectivity index (χ3v) is 12.5. The third-order valence-electron chi connectivity index (χ3n) is 12.5. The van der Waals surface area contributed by atoms with E-state index in [1.54, 1.807) is 0 Å². The average Bonchev–Trinajstić information content (AvgIpc) is 3.87. The molecule has 0 unspecified atom stereocenters. The average molecular weight is 802 g/mol. The van der Waals surface area contributed by atoms with Gasteiger partial charge in [-0.1, -0.05) is 133 Å². The van der Waals surface area contributed by atoms with Crippen LogP contribution < -0.4 is 4.90 Å². The van der Waals surface area contributed by atoms with Gasteiger partial charge in [0.05, 0.1) is 45.6 Å². The van der Waals surface area contributed by atoms with Crippen LogP contribution in [0.3, 0.4) is 0 Å². The van der Waals surface area contributed by atoms with Crippen molar-refractivity contribution >= 4 is 87.9 Å². The van der Waals surface area contributed by atoms with Gasteiger partial charge in [0, 0.05) is 38.6 Å². The summed E-state index contributed by atoms with van der Waals surface area (Å²) in [5.41, 5.74) is 11.5. The molecule has 0 aliphatic rings. The van der Waals surface area contributed by atoms with Crippen molar-refractivity contribution in [3.63, 3.8) is 0 Å². The fourth-order valence-electron chi connectivity index (χ4n) is 9.75. The van der Waals surface area contributed by atoms with Crippen LogP contribution in [-0.2, 0) is 0 Å². The Kier molecular flexibility index (Phi) is 8.22. The molecule has 2 heterocycles. The second-order valence-electron chi connectivity index (χ2n) is 15.9. The Labute approximate surface area is 363 Å². The van der Waals surface area contributed by atoms with Crippen molar-refractivity contribution in [2.75, 3.05) is 4.90 Å². The van der Waals surface area contributed by atoms with Crippen LogP contribution in [-0.4, -0.2) is 9.13 Å². The first-order valence-electron chi connectivity index (χ1n) is 21.0. The summed E-state index contributed by atoms with van der Waals surface area (Å²) in [7, 11) is 0. The highest BCUT2D eigenvalue weighted by Crippen LogP contribution is 2.45. The highest BCUT2D eigenvalue weighted by Gasteiger charge is 2.24. The number of hydrogen-bond donors (Lipinski definition) is 0. The van der Waals surface area contributed by atoms with Gasteiger partial charge < -0.3 is 14.0 Å². The number of anilines is 3. The molecule has 63 heavy (non-hydrogen) atoms. The molecule has 0 bridgehead atoms. The Morgan fingerprint density at radius 1 is 0.413 bits per heavy atom. The van der Waals surface area contributed by atoms with Crippen molar-refractivity contribution in [2.24, 2.45) is 0 Å². The summed E-state index contributed by atoms with van der Waals surface area (Å²) >= 11 is 0. The summed E-state index contributed by atoms with van der Waals surface area (Å²) < 4.78 is 4.36. The minimum absolute atomic E-state index is 0.451. The van der Waals surface area contributed by atoms with Crippen LogP contribution in [0.1, 0.15) is 5.56 Å². The van der Waals surface area contributed by atoms with Gasteiger partial charge in [0.15, 0.2) is 0 Å². The summed E-state index contributed by atoms with van der Waals surface area (Å²) in [4.78, 5) is 6.51. The van der Waals surface area contributed by atoms with Crippen LogP contribution >= 0.6 is 0 Å². The molecule has 0 saturated heterocycles. The monoisotopic (exact) mass is 801 g/mol. The molecule has 12 aromatic rings. The van der Waals surface area contributed by atoms with Gasteiger partial charge in [0.2, 0.25) is 5.69 Å². The molecule has 292 valence electrons. The van der Waals surface area contributed by atoms with Gasteiger partial charge in [-0.05, 0) is 112 Å². The summed E-state index contributed by atoms with van der Waals surface area (Å²) in [6.07, 6.45) is 0. The molecular weight excluding hydrogens is 767 g/mol. The standard InChI is InChI=1S/C58H35N5/c1-60-50-36-55(62-51-29-27-41(38-15-5-2-6-16-38)33-48(51)57-46-23-13-11-17-39(46)25-30-53(57)62)42(37-59)34-56(50)63-52-32-28-45(61(43-19-7-3-8-20-43)44-21-9-4-10-22-44)35-49(52)58-47-24-14-12-18-40(47)26-31-54(58)63/h2-36H. The van der Waals surface area contributed by atoms with Gasteiger partial charge in [-0.2, -0.15) is 5.26 Å². The largest absolute Gasteiger partial charge is 0.319 e. The quantitative estimate of drug-likeness (QED) is 0.157. The van der Waals surface area contributed by atoms with E-state index in [9.17, 15) is 5.26 Å². The minimum atomic E-state index is 0.451. The van der Waals surface area contributed by atoms with E-state index in [1.807, 2.05) is 30.3 Å². The smallest absolute Gasteiger partial charge is 0.212 e. The predicted molar refractivity (Wildman–Crippen MR) is 261 cm³/mol. The second-order valence-corrected chi connectivity index (χ2v) is 15.9. The van der Waals surface area contributed by atoms with E-state index in [1.165, 1.54) is 0 Å². The first-order valence-corrected chi connectivity index (χ1v) is 21.0. The molecule has 0 aliphatic heterocycles. The summed E-state index contributed by atoms with van der Waals surface area (Å²) in [6, 6.07) is 76.4. The zero-order chi connectivity index (χ0) is 42.0. The van der Waals surface area contributed by atoms with Crippen LogP contribution in [0.2, 0.25) is 0 Å². The molecule has 0 N–H and O–H groups in total. The van der Waals surface area contributed by atoms with Crippen LogP contribution in [0.4, 0.5) is 22.7 Å². The van der Waals surface area contributed by atoms with E-state index in [0.717, 1.165) is 93.3 Å². The van der Waals surface area contributed by atoms with E-state index in [4.69, 9.17) is 6.57 Å². The molecule has 12 rings (SSSR count). The van der Waals surface area contributed by atoms with E-state index in [-0.39, 0.29) is 0 Å². The molecule has 10 aromatic carbocycles. The lowest BCUT2D eigenvalue weighted by molar-refractivity contribution is 1.14. The van der Waals surface area contributed by atoms with E-state index in [2.05, 4.69) is 207 Å². The van der Waals surface area contributed by atoms with Crippen molar-refractivity contribution in [3.8, 4) is 28.6 Å². The topological polar surface area (TPSA) is 41.2 Å². The number of nitrogens with zero attached hydrogens (tertiary/aromatic N) is 5. The first kappa shape index (κ1) is 36.0. The predicted octanol–water partition coefficient (Wildman–Crippen LogP) is 15.7. The lowest BCUT2D eigenvalue weighted by atomic mass is 10.0. The van der Waals surface area contributed by atoms with Crippen molar-refractivity contribution in [3.05, 3.63) is 229 Å². The molecule has 0 amide bonds. The number of hydrogen-bond acceptors (Lipinski definition) is 2. The Morgan fingerprint density at radius 2 is 0.921 bits per heavy atom. The van der Waals surface area contributed by atoms with Crippen molar-refractivity contribution in [1.29, 1.82) is 5.26 Å². The highest BCUT2D eigenvalue weighted by molar-refractivity contribution is 6.23. The Morgan fingerprint density at radius 3 is 1.51 bits per heavy atom. The van der Waals surface area contributed by atoms with Crippen LogP contribution in [0.15, 0.2) is 212 Å². The molecule has 0 aliphatic carbocycles. The molecule has 0 spiro atoms. The van der Waals surface area contributed by atoms with Gasteiger partial charge in [0.1, 0.15) is 6.07 Å². The highest BCUT2D eigenvalue weighted by atomic mass is 15.1. The summed E-state index contributed by atoms with van der Waals surface area (Å²) in [5.74, 6) is 0. The molecule has 0 saturated carbocycles. The molecule has 2 aromatic heterocycles. The van der Waals surface area contributed by atoms with Gasteiger partial charge in [-0.25, -0.2) is 4.85 Å². The maximum absolute atomic E-state index is 11.1. The maximum Gasteiger partial charge on any atom is 0.212 e. The zero-order valence-electron chi connectivity index (χ0n) is 33.9. The van der Waals surface area contributed by atoms with Crippen molar-refractivity contribution in [2.45, 2.75) is 0 Å². The molecule has 0 fully saturated rings. The van der Waals surface area contributed by atoms with E-state index >= 15 is 0 Å². The Balaban J connectivity index is 1.12. The van der Waals surface area contributed by atoms with Gasteiger partial charge in [0.25, 0.3) is 0 Å². The lowest BCUT2D eigenvalue weighted by Crippen LogP contribution is -2.09. The molecular formula is C58H35N5. The lowest BCUT2D eigenvalue weighted by Gasteiger charge is -2.25. The van der Waals surface area contributed by atoms with Gasteiger partial charge in [-0.3, -0.25) is 0 Å². The van der Waals surface area contributed by atoms with Gasteiger partial charge >= 0.3 is 0 Å². The summed E-state index contributed by atoms with van der Waals surface area (Å²) in [6.45, 7) is 8.73. The molecule has 0 radical (unpaired) electrons. The summed E-state index contributed by atoms with van der Waals surface area (Å²) in [5, 5.41) is 20.0. The van der Waals surface area contributed by atoms with E-state index in [0.29, 0.717) is 22.6 Å².